The largest absolute Gasteiger partial charge is 0.457 e. The monoisotopic (exact) mass is 314 g/mol. The molecule has 5 fully saturated rings. The van der Waals surface area contributed by atoms with Crippen LogP contribution in [-0.2, 0) is 14.3 Å². The lowest BCUT2D eigenvalue weighted by Crippen LogP contribution is -2.74. The molecule has 5 aliphatic rings. The van der Waals surface area contributed by atoms with Gasteiger partial charge in [0.1, 0.15) is 5.60 Å². The summed E-state index contributed by atoms with van der Waals surface area (Å²) in [6, 6.07) is 0. The van der Waals surface area contributed by atoms with Gasteiger partial charge in [-0.05, 0) is 62.9 Å². The first-order valence-corrected chi connectivity index (χ1v) is 8.88. The molecule has 0 radical (unpaired) electrons. The van der Waals surface area contributed by atoms with Crippen molar-refractivity contribution in [3.05, 3.63) is 24.3 Å². The van der Waals surface area contributed by atoms with Gasteiger partial charge in [-0.2, -0.15) is 0 Å². The molecule has 2 spiro atoms. The van der Waals surface area contributed by atoms with Crippen LogP contribution in [0, 0.1) is 22.7 Å². The molecule has 0 N–H and O–H groups in total. The fourth-order valence-electron chi connectivity index (χ4n) is 6.59. The quantitative estimate of drug-likeness (QED) is 0.418. The lowest BCUT2D eigenvalue weighted by Gasteiger charge is -2.70. The SMILES string of the molecule is C=C1C(=O)[C@]23CC[C@@H]1C[C@@]21OC(=O)CC[C@@]1(C)[C@H](C(=C)C)CC3. The lowest BCUT2D eigenvalue weighted by atomic mass is 9.37. The number of hydrogen-bond acceptors (Lipinski definition) is 3. The first-order valence-electron chi connectivity index (χ1n) is 8.88. The van der Waals surface area contributed by atoms with E-state index in [0.717, 1.165) is 49.7 Å². The average molecular weight is 314 g/mol. The summed E-state index contributed by atoms with van der Waals surface area (Å²) in [6.45, 7) is 12.6. The van der Waals surface area contributed by atoms with Crippen LogP contribution >= 0.6 is 0 Å². The second-order valence-electron chi connectivity index (χ2n) is 8.53. The number of carbonyl (C=O) groups is 2. The summed E-state index contributed by atoms with van der Waals surface area (Å²) in [6.07, 6.45) is 5.67. The minimum atomic E-state index is -0.640. The Morgan fingerprint density at radius 1 is 1.22 bits per heavy atom. The van der Waals surface area contributed by atoms with Crippen LogP contribution in [0.1, 0.15) is 58.8 Å². The summed E-state index contributed by atoms with van der Waals surface area (Å²) in [5, 5.41) is 0. The first kappa shape index (κ1) is 15.2. The summed E-state index contributed by atoms with van der Waals surface area (Å²) < 4.78 is 6.17. The fraction of sp³-hybridized carbons (Fsp3) is 0.700. The van der Waals surface area contributed by atoms with Gasteiger partial charge in [-0.3, -0.25) is 9.59 Å². The van der Waals surface area contributed by atoms with Crippen molar-refractivity contribution in [2.24, 2.45) is 22.7 Å². The van der Waals surface area contributed by atoms with Crippen molar-refractivity contribution in [2.45, 2.75) is 64.4 Å². The van der Waals surface area contributed by atoms with Crippen LogP contribution in [0.2, 0.25) is 0 Å². The van der Waals surface area contributed by atoms with E-state index in [1.807, 2.05) is 0 Å². The standard InChI is InChI=1S/C20H26O3/c1-12(2)15-6-10-19-9-5-14(13(3)17(19)22)11-20(19)18(15,4)8-7-16(21)23-20/h14-15H,1,3,5-11H2,2,4H3/t14-,15+,18+,19-,20+/m1/s1. The molecule has 1 heterocycles. The summed E-state index contributed by atoms with van der Waals surface area (Å²) in [4.78, 5) is 25.5. The minimum absolute atomic E-state index is 0.129. The normalized spacial score (nSPS) is 48.5. The highest BCUT2D eigenvalue weighted by atomic mass is 16.6. The molecule has 0 unspecified atom stereocenters. The Labute approximate surface area is 138 Å². The number of ketones is 1. The molecule has 3 nitrogen and oxygen atoms in total. The van der Waals surface area contributed by atoms with Gasteiger partial charge in [-0.1, -0.05) is 25.7 Å². The maximum absolute atomic E-state index is 13.2. The van der Waals surface area contributed by atoms with Gasteiger partial charge in [0.25, 0.3) is 0 Å². The molecule has 0 aromatic heterocycles. The van der Waals surface area contributed by atoms with Gasteiger partial charge in [-0.25, -0.2) is 0 Å². The van der Waals surface area contributed by atoms with Crippen molar-refractivity contribution in [3.63, 3.8) is 0 Å². The van der Waals surface area contributed by atoms with Crippen LogP contribution in [0.25, 0.3) is 0 Å². The van der Waals surface area contributed by atoms with Crippen molar-refractivity contribution < 1.29 is 14.3 Å². The van der Waals surface area contributed by atoms with Crippen molar-refractivity contribution >= 4 is 11.8 Å². The molecular formula is C20H26O3. The average Bonchev–Trinajstić information content (AvgIpc) is 2.50. The number of allylic oxidation sites excluding steroid dienone is 2. The Bertz CT molecular complexity index is 647. The third kappa shape index (κ3) is 1.52. The van der Waals surface area contributed by atoms with Gasteiger partial charge in [0.05, 0.1) is 5.41 Å². The Kier molecular flexibility index (Phi) is 2.88. The Morgan fingerprint density at radius 3 is 2.61 bits per heavy atom. The lowest BCUT2D eigenvalue weighted by molar-refractivity contribution is -0.270. The van der Waals surface area contributed by atoms with E-state index >= 15 is 0 Å². The number of fused-ring (bicyclic) bond motifs is 2. The van der Waals surface area contributed by atoms with Crippen molar-refractivity contribution in [1.82, 2.24) is 0 Å². The summed E-state index contributed by atoms with van der Waals surface area (Å²) in [7, 11) is 0. The zero-order valence-electron chi connectivity index (χ0n) is 14.2. The number of carbonyl (C=O) groups excluding carboxylic acids is 2. The van der Waals surface area contributed by atoms with Crippen LogP contribution in [0.3, 0.4) is 0 Å². The van der Waals surface area contributed by atoms with Crippen LogP contribution in [0.5, 0.6) is 0 Å². The number of hydrogen-bond donors (Lipinski definition) is 0. The molecule has 1 saturated heterocycles. The summed E-state index contributed by atoms with van der Waals surface area (Å²) >= 11 is 0. The highest BCUT2D eigenvalue weighted by molar-refractivity contribution is 6.03. The molecule has 4 saturated carbocycles. The van der Waals surface area contributed by atoms with Gasteiger partial charge in [0, 0.05) is 11.8 Å². The molecule has 5 atom stereocenters. The molecule has 0 amide bonds. The minimum Gasteiger partial charge on any atom is -0.457 e. The number of ether oxygens (including phenoxy) is 1. The second kappa shape index (κ2) is 4.37. The maximum Gasteiger partial charge on any atom is 0.306 e. The van der Waals surface area contributed by atoms with E-state index in [2.05, 4.69) is 27.0 Å². The molecule has 5 rings (SSSR count). The van der Waals surface area contributed by atoms with Crippen molar-refractivity contribution in [2.75, 3.05) is 0 Å². The second-order valence-corrected chi connectivity index (χ2v) is 8.53. The summed E-state index contributed by atoms with van der Waals surface area (Å²) in [5.41, 5.74) is 0.584. The highest BCUT2D eigenvalue weighted by Gasteiger charge is 2.76. The van der Waals surface area contributed by atoms with E-state index in [9.17, 15) is 9.59 Å². The fourth-order valence-corrected chi connectivity index (χ4v) is 6.59. The van der Waals surface area contributed by atoms with Crippen molar-refractivity contribution in [1.29, 1.82) is 0 Å². The zero-order chi connectivity index (χ0) is 16.6. The van der Waals surface area contributed by atoms with E-state index < -0.39 is 11.0 Å². The van der Waals surface area contributed by atoms with Crippen LogP contribution in [-0.4, -0.2) is 17.4 Å². The van der Waals surface area contributed by atoms with Gasteiger partial charge >= 0.3 is 5.97 Å². The number of Topliss-reactive ketones (excluding diaryl/α,β-unsaturated/α-hetero) is 1. The maximum atomic E-state index is 13.2. The van der Waals surface area contributed by atoms with Crippen LogP contribution < -0.4 is 0 Å². The first-order chi connectivity index (χ1) is 10.8. The van der Waals surface area contributed by atoms with Gasteiger partial charge in [-0.15, -0.1) is 0 Å². The third-order valence-electron chi connectivity index (χ3n) is 7.73. The number of esters is 1. The number of rotatable bonds is 1. The predicted octanol–water partition coefficient (Wildman–Crippen LogP) is 3.98. The van der Waals surface area contributed by atoms with E-state index in [4.69, 9.17) is 4.74 Å². The Balaban J connectivity index is 1.94. The molecular weight excluding hydrogens is 288 g/mol. The van der Waals surface area contributed by atoms with E-state index in [0.29, 0.717) is 12.3 Å². The molecule has 2 bridgehead atoms. The van der Waals surface area contributed by atoms with Crippen molar-refractivity contribution in [3.8, 4) is 0 Å². The molecule has 3 heteroatoms. The highest BCUT2D eigenvalue weighted by Crippen LogP contribution is 2.72. The summed E-state index contributed by atoms with van der Waals surface area (Å²) in [5.74, 6) is 0.552. The van der Waals surface area contributed by atoms with Gasteiger partial charge in [0.15, 0.2) is 5.78 Å². The Hall–Kier alpha value is -1.38. The molecule has 1 aliphatic heterocycles. The molecule has 0 aromatic carbocycles. The topological polar surface area (TPSA) is 43.4 Å². The predicted molar refractivity (Wildman–Crippen MR) is 87.6 cm³/mol. The molecule has 23 heavy (non-hydrogen) atoms. The zero-order valence-corrected chi connectivity index (χ0v) is 14.2. The molecule has 0 aromatic rings. The Morgan fingerprint density at radius 2 is 1.91 bits per heavy atom. The van der Waals surface area contributed by atoms with E-state index in [-0.39, 0.29) is 23.1 Å². The molecule has 4 aliphatic carbocycles. The molecule has 124 valence electrons. The van der Waals surface area contributed by atoms with Gasteiger partial charge < -0.3 is 4.74 Å². The van der Waals surface area contributed by atoms with E-state index in [1.165, 1.54) is 0 Å². The third-order valence-corrected chi connectivity index (χ3v) is 7.73. The van der Waals surface area contributed by atoms with Crippen LogP contribution in [0.15, 0.2) is 24.3 Å². The van der Waals surface area contributed by atoms with Gasteiger partial charge in [0.2, 0.25) is 0 Å². The van der Waals surface area contributed by atoms with E-state index in [1.54, 1.807) is 0 Å². The smallest absolute Gasteiger partial charge is 0.306 e. The van der Waals surface area contributed by atoms with Crippen LogP contribution in [0.4, 0.5) is 0 Å².